The Morgan fingerprint density at radius 3 is 2.21 bits per heavy atom. The lowest BCUT2D eigenvalue weighted by Gasteiger charge is -2.28. The standard InChI is InChI=1S/C23H33N/c1-2-20-11-13-22(14-12-20)9-5-6-10-23-17-15-21(16-18-23)8-4-3-7-19-24/h3,7,11-14,21,23H,2,4-6,8-10,15-18H2,1H3. The predicted molar refractivity (Wildman–Crippen MR) is 103 cm³/mol. The number of benzene rings is 1. The highest BCUT2D eigenvalue weighted by Gasteiger charge is 2.20. The molecule has 0 spiro atoms. The zero-order chi connectivity index (χ0) is 17.0. The lowest BCUT2D eigenvalue weighted by atomic mass is 9.78. The van der Waals surface area contributed by atoms with E-state index in [9.17, 15) is 0 Å². The molecule has 0 amide bonds. The molecule has 0 heterocycles. The summed E-state index contributed by atoms with van der Waals surface area (Å²) in [6.45, 7) is 2.22. The third-order valence-corrected chi connectivity index (χ3v) is 5.66. The van der Waals surface area contributed by atoms with Crippen LogP contribution in [-0.2, 0) is 12.8 Å². The molecule has 1 aliphatic carbocycles. The van der Waals surface area contributed by atoms with Crippen LogP contribution in [0.1, 0.15) is 75.8 Å². The van der Waals surface area contributed by atoms with Crippen molar-refractivity contribution in [1.82, 2.24) is 0 Å². The molecule has 130 valence electrons. The van der Waals surface area contributed by atoms with Crippen LogP contribution in [0.15, 0.2) is 36.4 Å². The van der Waals surface area contributed by atoms with Crippen LogP contribution in [0.3, 0.4) is 0 Å². The van der Waals surface area contributed by atoms with E-state index in [-0.39, 0.29) is 0 Å². The van der Waals surface area contributed by atoms with Crippen LogP contribution in [0.2, 0.25) is 0 Å². The summed E-state index contributed by atoms with van der Waals surface area (Å²) >= 11 is 0. The van der Waals surface area contributed by atoms with Crippen molar-refractivity contribution in [2.24, 2.45) is 11.8 Å². The Labute approximate surface area is 148 Å². The van der Waals surface area contributed by atoms with Gasteiger partial charge in [-0.15, -0.1) is 0 Å². The quantitative estimate of drug-likeness (QED) is 0.369. The summed E-state index contributed by atoms with van der Waals surface area (Å²) in [4.78, 5) is 0. The zero-order valence-electron chi connectivity index (χ0n) is 15.3. The minimum Gasteiger partial charge on any atom is -0.193 e. The second kappa shape index (κ2) is 11.1. The van der Waals surface area contributed by atoms with Gasteiger partial charge in [0.25, 0.3) is 0 Å². The van der Waals surface area contributed by atoms with Crippen molar-refractivity contribution >= 4 is 0 Å². The molecule has 0 aliphatic heterocycles. The van der Waals surface area contributed by atoms with Gasteiger partial charge in [0.05, 0.1) is 6.07 Å². The number of unbranched alkanes of at least 4 members (excludes halogenated alkanes) is 1. The topological polar surface area (TPSA) is 23.8 Å². The molecule has 1 aliphatic rings. The van der Waals surface area contributed by atoms with E-state index in [1.807, 2.05) is 6.08 Å². The van der Waals surface area contributed by atoms with Gasteiger partial charge in [0.1, 0.15) is 0 Å². The fraction of sp³-hybridized carbons (Fsp3) is 0.609. The van der Waals surface area contributed by atoms with Crippen molar-refractivity contribution in [1.29, 1.82) is 5.26 Å². The Balaban J connectivity index is 1.54. The van der Waals surface area contributed by atoms with E-state index >= 15 is 0 Å². The van der Waals surface area contributed by atoms with Crippen LogP contribution in [-0.4, -0.2) is 0 Å². The SMILES string of the molecule is CCc1ccc(CCCCC2CCC(CCC=CC#N)CC2)cc1. The molecule has 0 aromatic heterocycles. The van der Waals surface area contributed by atoms with Crippen molar-refractivity contribution in [2.75, 3.05) is 0 Å². The number of aryl methyl sites for hydroxylation is 2. The van der Waals surface area contributed by atoms with Gasteiger partial charge < -0.3 is 0 Å². The number of allylic oxidation sites excluding steroid dienone is 2. The first kappa shape index (κ1) is 18.8. The van der Waals surface area contributed by atoms with Crippen molar-refractivity contribution in [2.45, 2.75) is 77.6 Å². The molecule has 1 saturated carbocycles. The normalized spacial score (nSPS) is 21.0. The van der Waals surface area contributed by atoms with E-state index < -0.39 is 0 Å². The third kappa shape index (κ3) is 6.91. The molecule has 1 fully saturated rings. The summed E-state index contributed by atoms with van der Waals surface area (Å²) in [5.74, 6) is 1.88. The molecule has 0 atom stereocenters. The van der Waals surface area contributed by atoms with E-state index in [1.165, 1.54) is 68.9 Å². The predicted octanol–water partition coefficient (Wildman–Crippen LogP) is 6.63. The Bertz CT molecular complexity index is 512. The smallest absolute Gasteiger partial charge is 0.0908 e. The Hall–Kier alpha value is -1.55. The maximum Gasteiger partial charge on any atom is 0.0908 e. The maximum absolute atomic E-state index is 8.50. The lowest BCUT2D eigenvalue weighted by molar-refractivity contribution is 0.250. The van der Waals surface area contributed by atoms with Gasteiger partial charge in [0, 0.05) is 6.08 Å². The second-order valence-corrected chi connectivity index (χ2v) is 7.41. The zero-order valence-corrected chi connectivity index (χ0v) is 15.3. The van der Waals surface area contributed by atoms with Gasteiger partial charge in [-0.2, -0.15) is 5.26 Å². The first-order valence-electron chi connectivity index (χ1n) is 9.94. The molecule has 24 heavy (non-hydrogen) atoms. The summed E-state index contributed by atoms with van der Waals surface area (Å²) in [5, 5.41) is 8.50. The average Bonchev–Trinajstić information content (AvgIpc) is 2.64. The molecular formula is C23H33N. The van der Waals surface area contributed by atoms with Crippen LogP contribution in [0.4, 0.5) is 0 Å². The van der Waals surface area contributed by atoms with Crippen LogP contribution < -0.4 is 0 Å². The van der Waals surface area contributed by atoms with Gasteiger partial charge in [-0.05, 0) is 55.1 Å². The van der Waals surface area contributed by atoms with Crippen LogP contribution in [0.5, 0.6) is 0 Å². The summed E-state index contributed by atoms with van der Waals surface area (Å²) in [6.07, 6.45) is 18.2. The first-order chi connectivity index (χ1) is 11.8. The van der Waals surface area contributed by atoms with Gasteiger partial charge >= 0.3 is 0 Å². The third-order valence-electron chi connectivity index (χ3n) is 5.66. The fourth-order valence-electron chi connectivity index (χ4n) is 3.98. The lowest BCUT2D eigenvalue weighted by Crippen LogP contribution is -2.14. The van der Waals surface area contributed by atoms with Gasteiger partial charge in [-0.25, -0.2) is 0 Å². The van der Waals surface area contributed by atoms with Crippen molar-refractivity contribution in [3.63, 3.8) is 0 Å². The number of nitrogens with zero attached hydrogens (tertiary/aromatic N) is 1. The van der Waals surface area contributed by atoms with Crippen LogP contribution in [0, 0.1) is 23.2 Å². The van der Waals surface area contributed by atoms with E-state index in [0.29, 0.717) is 0 Å². The Morgan fingerprint density at radius 1 is 0.958 bits per heavy atom. The highest BCUT2D eigenvalue weighted by molar-refractivity contribution is 5.22. The fourth-order valence-corrected chi connectivity index (χ4v) is 3.98. The molecule has 0 bridgehead atoms. The second-order valence-electron chi connectivity index (χ2n) is 7.41. The van der Waals surface area contributed by atoms with Gasteiger partial charge in [0.2, 0.25) is 0 Å². The average molecular weight is 324 g/mol. The molecule has 1 aromatic carbocycles. The van der Waals surface area contributed by atoms with Crippen LogP contribution in [0.25, 0.3) is 0 Å². The van der Waals surface area contributed by atoms with E-state index in [4.69, 9.17) is 5.26 Å². The molecule has 2 rings (SSSR count). The number of nitriles is 1. The number of hydrogen-bond donors (Lipinski definition) is 0. The first-order valence-corrected chi connectivity index (χ1v) is 9.94. The Morgan fingerprint density at radius 2 is 1.58 bits per heavy atom. The highest BCUT2D eigenvalue weighted by atomic mass is 14.3. The van der Waals surface area contributed by atoms with Gasteiger partial charge in [-0.3, -0.25) is 0 Å². The highest BCUT2D eigenvalue weighted by Crippen LogP contribution is 2.34. The number of hydrogen-bond acceptors (Lipinski definition) is 1. The number of rotatable bonds is 9. The molecule has 0 saturated heterocycles. The molecule has 0 unspecified atom stereocenters. The van der Waals surface area contributed by atoms with Gasteiger partial charge in [0.15, 0.2) is 0 Å². The molecule has 0 N–H and O–H groups in total. The minimum atomic E-state index is 0.904. The van der Waals surface area contributed by atoms with E-state index in [2.05, 4.69) is 37.3 Å². The molecular weight excluding hydrogens is 290 g/mol. The molecule has 0 radical (unpaired) electrons. The summed E-state index contributed by atoms with van der Waals surface area (Å²) in [6, 6.07) is 11.3. The Kier molecular flexibility index (Phi) is 8.67. The molecule has 1 heteroatoms. The van der Waals surface area contributed by atoms with Crippen molar-refractivity contribution < 1.29 is 0 Å². The van der Waals surface area contributed by atoms with E-state index in [0.717, 1.165) is 24.7 Å². The molecule has 1 nitrogen and oxygen atoms in total. The van der Waals surface area contributed by atoms with Crippen molar-refractivity contribution in [3.05, 3.63) is 47.5 Å². The summed E-state index contributed by atoms with van der Waals surface area (Å²) in [7, 11) is 0. The van der Waals surface area contributed by atoms with E-state index in [1.54, 1.807) is 6.08 Å². The molecule has 1 aromatic rings. The van der Waals surface area contributed by atoms with Gasteiger partial charge in [-0.1, -0.05) is 75.8 Å². The monoisotopic (exact) mass is 323 g/mol. The minimum absolute atomic E-state index is 0.904. The van der Waals surface area contributed by atoms with Crippen molar-refractivity contribution in [3.8, 4) is 6.07 Å². The maximum atomic E-state index is 8.50. The summed E-state index contributed by atoms with van der Waals surface area (Å²) in [5.41, 5.74) is 2.94. The van der Waals surface area contributed by atoms with Crippen LogP contribution >= 0.6 is 0 Å². The summed E-state index contributed by atoms with van der Waals surface area (Å²) < 4.78 is 0. The largest absolute Gasteiger partial charge is 0.193 e.